The molecule has 39 heavy (non-hydrogen) atoms. The molecule has 202 valence electrons. The average Bonchev–Trinajstić information content (AvgIpc) is 3.28. The van der Waals surface area contributed by atoms with Gasteiger partial charge < -0.3 is 29.6 Å². The Morgan fingerprint density at radius 3 is 2.72 bits per heavy atom. The maximum atomic E-state index is 13.5. The number of fused-ring (bicyclic) bond motifs is 5. The third-order valence-corrected chi connectivity index (χ3v) is 7.00. The lowest BCUT2D eigenvalue weighted by atomic mass is 9.85. The van der Waals surface area contributed by atoms with Gasteiger partial charge in [-0.3, -0.25) is 14.4 Å². The second-order valence-electron chi connectivity index (χ2n) is 9.38. The van der Waals surface area contributed by atoms with Crippen molar-refractivity contribution in [3.8, 4) is 11.4 Å². The van der Waals surface area contributed by atoms with Crippen LogP contribution in [-0.4, -0.2) is 51.2 Å². The van der Waals surface area contributed by atoms with E-state index in [0.29, 0.717) is 17.9 Å². The summed E-state index contributed by atoms with van der Waals surface area (Å²) in [6.45, 7) is 0.791. The van der Waals surface area contributed by atoms with Crippen LogP contribution in [-0.2, 0) is 52.1 Å². The van der Waals surface area contributed by atoms with Crippen LogP contribution < -0.4 is 11.3 Å². The monoisotopic (exact) mass is 535 g/mol. The highest BCUT2D eigenvalue weighted by Gasteiger charge is 2.50. The summed E-state index contributed by atoms with van der Waals surface area (Å²) in [5, 5.41) is 9.74. The van der Waals surface area contributed by atoms with E-state index in [9.17, 15) is 24.0 Å². The number of hydrogen-bond donors (Lipinski definition) is 2. The molecule has 0 radical (unpaired) electrons. The minimum atomic E-state index is -1.93. The van der Waals surface area contributed by atoms with Crippen LogP contribution in [0.5, 0.6) is 0 Å². The van der Waals surface area contributed by atoms with E-state index in [1.165, 1.54) is 0 Å². The molecule has 1 aromatic carbocycles. The van der Waals surface area contributed by atoms with Crippen molar-refractivity contribution >= 4 is 34.8 Å². The molecule has 3 aromatic rings. The predicted molar refractivity (Wildman–Crippen MR) is 134 cm³/mol. The van der Waals surface area contributed by atoms with Crippen LogP contribution in [0.1, 0.15) is 42.9 Å². The van der Waals surface area contributed by atoms with Gasteiger partial charge in [0.25, 0.3) is 5.56 Å². The molecule has 2 aromatic heterocycles. The number of esters is 3. The summed E-state index contributed by atoms with van der Waals surface area (Å²) in [6, 6.07) is 9.91. The highest BCUT2D eigenvalue weighted by molar-refractivity contribution is 5.89. The van der Waals surface area contributed by atoms with Crippen LogP contribution in [0.3, 0.4) is 0 Å². The van der Waals surface area contributed by atoms with Crippen LogP contribution in [0.4, 0.5) is 0 Å². The van der Waals surface area contributed by atoms with Crippen molar-refractivity contribution in [2.75, 3.05) is 6.61 Å². The fourth-order valence-electron chi connectivity index (χ4n) is 4.91. The maximum absolute atomic E-state index is 13.5. The molecule has 0 saturated heterocycles. The Morgan fingerprint density at radius 2 is 1.97 bits per heavy atom. The number of carboxylic acid groups (broad SMARTS) is 1. The number of aromatic nitrogens is 2. The fraction of sp³-hybridized carbons (Fsp3) is 0.333. The molecule has 0 spiro atoms. The number of benzene rings is 1. The Hall–Kier alpha value is -4.58. The number of carbonyl (C=O) groups excluding carboxylic acids is 3. The molecule has 0 amide bonds. The third-order valence-electron chi connectivity index (χ3n) is 7.00. The number of aliphatic carboxylic acids is 1. The van der Waals surface area contributed by atoms with Crippen LogP contribution in [0.2, 0.25) is 0 Å². The van der Waals surface area contributed by atoms with E-state index in [4.69, 9.17) is 30.0 Å². The molecule has 2 aliphatic rings. The largest absolute Gasteiger partial charge is 0.480 e. The topological polar surface area (TPSA) is 177 Å². The van der Waals surface area contributed by atoms with E-state index in [1.807, 2.05) is 30.3 Å². The van der Waals surface area contributed by atoms with Gasteiger partial charge >= 0.3 is 23.9 Å². The molecule has 0 bridgehead atoms. The number of nitrogens with two attached hydrogens (primary N) is 1. The first-order chi connectivity index (χ1) is 18.6. The van der Waals surface area contributed by atoms with Gasteiger partial charge in [0.05, 0.1) is 29.0 Å². The van der Waals surface area contributed by atoms with Crippen molar-refractivity contribution < 1.29 is 38.5 Å². The first-order valence-electron chi connectivity index (χ1n) is 12.3. The van der Waals surface area contributed by atoms with Gasteiger partial charge in [0, 0.05) is 22.9 Å². The normalized spacial score (nSPS) is 17.9. The Balaban J connectivity index is 1.44. The number of para-hydroxylation sites is 1. The summed E-state index contributed by atoms with van der Waals surface area (Å²) in [4.78, 5) is 66.8. The van der Waals surface area contributed by atoms with E-state index in [-0.39, 0.29) is 42.6 Å². The standard InChI is InChI=1S/C27H25N3O9/c1-2-27(39-22(32)13-37-21(31)8-7-18(28)25(34)35)17-10-20-23-15(9-14-5-3-4-6-19(14)29-23)11-30(20)24(33)16(17)12-38-26(27)36/h3-6,9-10,18H,2,7-8,11-13,28H2,1H3,(H,34,35)/t18-,27-/m0/s1. The minimum Gasteiger partial charge on any atom is -0.480 e. The Kier molecular flexibility index (Phi) is 6.64. The zero-order chi connectivity index (χ0) is 27.9. The molecule has 3 N–H and O–H groups in total. The number of rotatable bonds is 8. The summed E-state index contributed by atoms with van der Waals surface area (Å²) in [5.74, 6) is -4.01. The molecule has 0 saturated carbocycles. The summed E-state index contributed by atoms with van der Waals surface area (Å²) in [5.41, 5.74) is 6.11. The Morgan fingerprint density at radius 1 is 1.21 bits per heavy atom. The molecule has 4 heterocycles. The van der Waals surface area contributed by atoms with Gasteiger partial charge in [-0.15, -0.1) is 0 Å². The van der Waals surface area contributed by atoms with E-state index >= 15 is 0 Å². The predicted octanol–water partition coefficient (Wildman–Crippen LogP) is 1.37. The molecular formula is C27H25N3O9. The van der Waals surface area contributed by atoms with E-state index in [0.717, 1.165) is 16.5 Å². The minimum absolute atomic E-state index is 0.0487. The fourth-order valence-corrected chi connectivity index (χ4v) is 4.91. The van der Waals surface area contributed by atoms with Gasteiger partial charge in [0.15, 0.2) is 6.61 Å². The van der Waals surface area contributed by atoms with Crippen LogP contribution >= 0.6 is 0 Å². The van der Waals surface area contributed by atoms with E-state index in [1.54, 1.807) is 17.6 Å². The van der Waals surface area contributed by atoms with Gasteiger partial charge in [0.2, 0.25) is 5.60 Å². The molecule has 2 atom stereocenters. The molecule has 0 unspecified atom stereocenters. The summed E-state index contributed by atoms with van der Waals surface area (Å²) < 4.78 is 17.3. The van der Waals surface area contributed by atoms with Gasteiger partial charge in [0.1, 0.15) is 12.6 Å². The van der Waals surface area contributed by atoms with Crippen LogP contribution in [0.25, 0.3) is 22.3 Å². The number of nitrogens with zero attached hydrogens (tertiary/aromatic N) is 2. The van der Waals surface area contributed by atoms with Gasteiger partial charge in [-0.2, -0.15) is 0 Å². The molecule has 5 rings (SSSR count). The molecule has 12 heteroatoms. The number of carboxylic acids is 1. The zero-order valence-electron chi connectivity index (χ0n) is 21.0. The number of pyridine rings is 2. The number of hydrogen-bond acceptors (Lipinski definition) is 10. The van der Waals surface area contributed by atoms with Crippen molar-refractivity contribution in [1.82, 2.24) is 9.55 Å². The van der Waals surface area contributed by atoms with Crippen LogP contribution in [0, 0.1) is 0 Å². The van der Waals surface area contributed by atoms with Gasteiger partial charge in [-0.05, 0) is 31.0 Å². The first kappa shape index (κ1) is 26.0. The maximum Gasteiger partial charge on any atom is 0.355 e. The van der Waals surface area contributed by atoms with Gasteiger partial charge in [-0.25, -0.2) is 14.6 Å². The Bertz CT molecular complexity index is 1600. The smallest absolute Gasteiger partial charge is 0.355 e. The van der Waals surface area contributed by atoms with Crippen molar-refractivity contribution in [3.05, 3.63) is 63.4 Å². The highest BCUT2D eigenvalue weighted by Crippen LogP contribution is 2.40. The highest BCUT2D eigenvalue weighted by atomic mass is 16.6. The lowest BCUT2D eigenvalue weighted by molar-refractivity contribution is -0.192. The molecule has 0 fully saturated rings. The first-order valence-corrected chi connectivity index (χ1v) is 12.3. The SMILES string of the molecule is CC[C@@]1(OC(=O)COC(=O)CC[C@H](N)C(=O)O)C(=O)OCc2c1cc1n(c2=O)Cc2cc3ccccc3nc2-1. The average molecular weight is 536 g/mol. The van der Waals surface area contributed by atoms with Crippen molar-refractivity contribution in [3.63, 3.8) is 0 Å². The summed E-state index contributed by atoms with van der Waals surface area (Å²) in [7, 11) is 0. The third kappa shape index (κ3) is 4.52. The molecule has 0 aliphatic carbocycles. The van der Waals surface area contributed by atoms with E-state index < -0.39 is 42.1 Å². The molecule has 2 aliphatic heterocycles. The van der Waals surface area contributed by atoms with Crippen molar-refractivity contribution in [2.24, 2.45) is 5.73 Å². The van der Waals surface area contributed by atoms with Crippen molar-refractivity contribution in [2.45, 2.75) is 51.0 Å². The second-order valence-corrected chi connectivity index (χ2v) is 9.38. The summed E-state index contributed by atoms with van der Waals surface area (Å²) >= 11 is 0. The van der Waals surface area contributed by atoms with Crippen molar-refractivity contribution in [1.29, 1.82) is 0 Å². The number of cyclic esters (lactones) is 1. The number of carbonyl (C=O) groups is 4. The number of ether oxygens (including phenoxy) is 3. The lowest BCUT2D eigenvalue weighted by Gasteiger charge is -2.35. The van der Waals surface area contributed by atoms with Gasteiger partial charge in [-0.1, -0.05) is 25.1 Å². The molecular weight excluding hydrogens is 510 g/mol. The lowest BCUT2D eigenvalue weighted by Crippen LogP contribution is -2.48. The summed E-state index contributed by atoms with van der Waals surface area (Å²) in [6.07, 6.45) is -0.552. The Labute approximate surface area is 221 Å². The van der Waals surface area contributed by atoms with Crippen LogP contribution in [0.15, 0.2) is 41.2 Å². The van der Waals surface area contributed by atoms with E-state index in [2.05, 4.69) is 0 Å². The quantitative estimate of drug-likeness (QED) is 0.246. The molecule has 12 nitrogen and oxygen atoms in total. The zero-order valence-corrected chi connectivity index (χ0v) is 21.0. The second kappa shape index (κ2) is 9.95.